The van der Waals surface area contributed by atoms with E-state index in [1.807, 2.05) is 24.5 Å². The van der Waals surface area contributed by atoms with E-state index in [2.05, 4.69) is 95.6 Å². The van der Waals surface area contributed by atoms with Crippen LogP contribution in [0.4, 0.5) is 4.39 Å². The lowest BCUT2D eigenvalue weighted by Gasteiger charge is -2.16. The molecule has 0 radical (unpaired) electrons. The van der Waals surface area contributed by atoms with Gasteiger partial charge < -0.3 is 0 Å². The zero-order valence-electron chi connectivity index (χ0n) is 19.5. The van der Waals surface area contributed by atoms with Gasteiger partial charge >= 0.3 is 0 Å². The van der Waals surface area contributed by atoms with Crippen molar-refractivity contribution in [3.05, 3.63) is 121 Å². The van der Waals surface area contributed by atoms with Gasteiger partial charge in [-0.3, -0.25) is 9.55 Å². The Morgan fingerprint density at radius 2 is 1.53 bits per heavy atom. The number of aromatic nitrogens is 3. The number of imidazole rings is 1. The third kappa shape index (κ3) is 5.12. The molecule has 3 nitrogen and oxygen atoms in total. The second-order valence-electron chi connectivity index (χ2n) is 8.35. The summed E-state index contributed by atoms with van der Waals surface area (Å²) in [5.41, 5.74) is 4.73. The summed E-state index contributed by atoms with van der Waals surface area (Å²) >= 11 is 0. The first-order chi connectivity index (χ1) is 16.6. The summed E-state index contributed by atoms with van der Waals surface area (Å²) in [6.07, 6.45) is 5.53. The summed E-state index contributed by atoms with van der Waals surface area (Å²) in [4.78, 5) is 8.59. The molecule has 0 bridgehead atoms. The van der Waals surface area contributed by atoms with Crippen molar-refractivity contribution < 1.29 is 4.39 Å². The predicted octanol–water partition coefficient (Wildman–Crippen LogP) is 7.88. The molecule has 0 saturated carbocycles. The van der Waals surface area contributed by atoms with Gasteiger partial charge in [-0.25, -0.2) is 9.37 Å². The van der Waals surface area contributed by atoms with Gasteiger partial charge in [0.2, 0.25) is 0 Å². The Balaban J connectivity index is 0.000000231. The number of pyridine rings is 1. The van der Waals surface area contributed by atoms with Crippen molar-refractivity contribution in [2.45, 2.75) is 19.8 Å². The van der Waals surface area contributed by atoms with Gasteiger partial charge in [-0.1, -0.05) is 75.0 Å². The van der Waals surface area contributed by atoms with Crippen LogP contribution in [-0.2, 0) is 0 Å². The SMILES string of the molecule is C=C(CF)c1ccccn1.CC(C)c1cc2ccccc2cc1-c1nccn1-c1ccccc1. The minimum absolute atomic E-state index is 0.431. The minimum atomic E-state index is -0.531. The monoisotopic (exact) mass is 449 g/mol. The first-order valence-electron chi connectivity index (χ1n) is 11.4. The average molecular weight is 450 g/mol. The van der Waals surface area contributed by atoms with E-state index in [4.69, 9.17) is 0 Å². The second kappa shape index (κ2) is 10.7. The Labute approximate surface area is 200 Å². The molecule has 0 spiro atoms. The summed E-state index contributed by atoms with van der Waals surface area (Å²) in [5, 5.41) is 2.53. The zero-order valence-corrected chi connectivity index (χ0v) is 19.5. The average Bonchev–Trinajstić information content (AvgIpc) is 3.39. The Morgan fingerprint density at radius 3 is 2.18 bits per heavy atom. The summed E-state index contributed by atoms with van der Waals surface area (Å²) in [5.74, 6) is 1.43. The number of benzene rings is 3. The van der Waals surface area contributed by atoms with Crippen LogP contribution in [0.5, 0.6) is 0 Å². The molecular formula is C30H28FN3. The number of allylic oxidation sites excluding steroid dienone is 1. The Hall–Kier alpha value is -4.05. The fourth-order valence-electron chi connectivity index (χ4n) is 3.87. The predicted molar refractivity (Wildman–Crippen MR) is 140 cm³/mol. The molecule has 0 aliphatic rings. The molecule has 2 aromatic heterocycles. The first-order valence-corrected chi connectivity index (χ1v) is 11.4. The number of hydrogen-bond donors (Lipinski definition) is 0. The van der Waals surface area contributed by atoms with Crippen molar-refractivity contribution in [1.29, 1.82) is 0 Å². The van der Waals surface area contributed by atoms with E-state index >= 15 is 0 Å². The number of nitrogens with zero attached hydrogens (tertiary/aromatic N) is 3. The molecular weight excluding hydrogens is 421 g/mol. The number of fused-ring (bicyclic) bond motifs is 1. The molecule has 0 fully saturated rings. The smallest absolute Gasteiger partial charge is 0.144 e. The molecule has 0 aliphatic carbocycles. The van der Waals surface area contributed by atoms with E-state index in [0.29, 0.717) is 17.2 Å². The molecule has 34 heavy (non-hydrogen) atoms. The molecule has 5 rings (SSSR count). The number of alkyl halides is 1. The van der Waals surface area contributed by atoms with Crippen LogP contribution in [0.25, 0.3) is 33.4 Å². The van der Waals surface area contributed by atoms with E-state index in [9.17, 15) is 4.39 Å². The van der Waals surface area contributed by atoms with E-state index in [-0.39, 0.29) is 0 Å². The van der Waals surface area contributed by atoms with E-state index in [1.165, 1.54) is 21.9 Å². The molecule has 3 aromatic carbocycles. The Morgan fingerprint density at radius 1 is 0.853 bits per heavy atom. The highest BCUT2D eigenvalue weighted by molar-refractivity contribution is 5.88. The number of halogens is 1. The van der Waals surface area contributed by atoms with Gasteiger partial charge in [0.15, 0.2) is 0 Å². The third-order valence-corrected chi connectivity index (χ3v) is 5.64. The van der Waals surface area contributed by atoms with Gasteiger partial charge in [0, 0.05) is 35.4 Å². The van der Waals surface area contributed by atoms with Crippen molar-refractivity contribution in [1.82, 2.24) is 14.5 Å². The van der Waals surface area contributed by atoms with Gasteiger partial charge in [0.1, 0.15) is 12.5 Å². The van der Waals surface area contributed by atoms with Crippen molar-refractivity contribution in [2.75, 3.05) is 6.67 Å². The Bertz CT molecular complexity index is 1370. The fraction of sp³-hybridized carbons (Fsp3) is 0.133. The van der Waals surface area contributed by atoms with Crippen LogP contribution >= 0.6 is 0 Å². The lowest BCUT2D eigenvalue weighted by atomic mass is 9.93. The molecule has 0 aliphatic heterocycles. The standard InChI is InChI=1S/C22H20N2.C8H8FN/c1-16(2)20-14-17-8-6-7-9-18(17)15-21(20)22-23-12-13-24(22)19-10-4-3-5-11-19;1-7(6-9)8-4-2-3-5-10-8/h3-16H,1-2H3;2-5H,1,6H2. The second-order valence-corrected chi connectivity index (χ2v) is 8.35. The van der Waals surface area contributed by atoms with Crippen molar-refractivity contribution in [3.8, 4) is 17.1 Å². The lowest BCUT2D eigenvalue weighted by molar-refractivity contribution is 0.571. The van der Waals surface area contributed by atoms with Gasteiger partial charge in [0.05, 0.1) is 5.69 Å². The fourth-order valence-corrected chi connectivity index (χ4v) is 3.87. The maximum atomic E-state index is 11.9. The lowest BCUT2D eigenvalue weighted by Crippen LogP contribution is -2.00. The van der Waals surface area contributed by atoms with Crippen LogP contribution in [0, 0.1) is 0 Å². The van der Waals surface area contributed by atoms with Crippen molar-refractivity contribution in [2.24, 2.45) is 0 Å². The first kappa shape index (κ1) is 23.1. The van der Waals surface area contributed by atoms with Gasteiger partial charge in [-0.15, -0.1) is 0 Å². The maximum absolute atomic E-state index is 11.9. The minimum Gasteiger partial charge on any atom is -0.300 e. The van der Waals surface area contributed by atoms with Crippen molar-refractivity contribution >= 4 is 16.3 Å². The van der Waals surface area contributed by atoms with Gasteiger partial charge in [-0.2, -0.15) is 0 Å². The Kier molecular flexibility index (Phi) is 7.28. The van der Waals surface area contributed by atoms with Crippen LogP contribution in [0.15, 0.2) is 110 Å². The van der Waals surface area contributed by atoms with Crippen LogP contribution in [0.3, 0.4) is 0 Å². The molecule has 170 valence electrons. The molecule has 0 amide bonds. The highest BCUT2D eigenvalue weighted by Gasteiger charge is 2.15. The van der Waals surface area contributed by atoms with E-state index in [0.717, 1.165) is 11.5 Å². The highest BCUT2D eigenvalue weighted by Crippen LogP contribution is 2.33. The number of para-hydroxylation sites is 1. The van der Waals surface area contributed by atoms with E-state index < -0.39 is 6.67 Å². The zero-order chi connectivity index (χ0) is 23.9. The quantitative estimate of drug-likeness (QED) is 0.273. The molecule has 0 saturated heterocycles. The van der Waals surface area contributed by atoms with Crippen LogP contribution in [0.2, 0.25) is 0 Å². The van der Waals surface area contributed by atoms with E-state index in [1.54, 1.807) is 18.3 Å². The summed E-state index contributed by atoms with van der Waals surface area (Å²) in [6.45, 7) is 7.45. The summed E-state index contributed by atoms with van der Waals surface area (Å²) < 4.78 is 14.1. The molecule has 0 unspecified atom stereocenters. The molecule has 0 atom stereocenters. The van der Waals surface area contributed by atoms with Crippen LogP contribution in [0.1, 0.15) is 31.0 Å². The molecule has 2 heterocycles. The number of hydrogen-bond acceptors (Lipinski definition) is 2. The summed E-state index contributed by atoms with van der Waals surface area (Å²) in [6, 6.07) is 28.8. The molecule has 0 N–H and O–H groups in total. The van der Waals surface area contributed by atoms with Crippen LogP contribution in [-0.4, -0.2) is 21.2 Å². The van der Waals surface area contributed by atoms with Crippen LogP contribution < -0.4 is 0 Å². The molecule has 4 heteroatoms. The maximum Gasteiger partial charge on any atom is 0.144 e. The summed E-state index contributed by atoms with van der Waals surface area (Å²) in [7, 11) is 0. The van der Waals surface area contributed by atoms with Gasteiger partial charge in [-0.05, 0) is 52.6 Å². The normalized spacial score (nSPS) is 10.7. The largest absolute Gasteiger partial charge is 0.300 e. The topological polar surface area (TPSA) is 30.7 Å². The highest BCUT2D eigenvalue weighted by atomic mass is 19.1. The van der Waals surface area contributed by atoms with Gasteiger partial charge in [0.25, 0.3) is 0 Å². The molecule has 5 aromatic rings. The van der Waals surface area contributed by atoms with Crippen molar-refractivity contribution in [3.63, 3.8) is 0 Å². The third-order valence-electron chi connectivity index (χ3n) is 5.64. The number of rotatable bonds is 5.